The Hall–Kier alpha value is -2.18. The highest BCUT2D eigenvalue weighted by Crippen LogP contribution is 2.23. The van der Waals surface area contributed by atoms with E-state index in [1.165, 1.54) is 0 Å². The molecule has 1 aromatic carbocycles. The van der Waals surface area contributed by atoms with E-state index in [0.717, 1.165) is 18.7 Å². The lowest BCUT2D eigenvalue weighted by Gasteiger charge is -2.22. The minimum absolute atomic E-state index is 0.0415. The van der Waals surface area contributed by atoms with Crippen molar-refractivity contribution >= 4 is 5.91 Å². The highest BCUT2D eigenvalue weighted by atomic mass is 16.3. The fourth-order valence-electron chi connectivity index (χ4n) is 2.96. The van der Waals surface area contributed by atoms with Crippen LogP contribution in [0.15, 0.2) is 36.4 Å². The number of aromatic nitrogens is 2. The third-order valence-corrected chi connectivity index (χ3v) is 4.42. The van der Waals surface area contributed by atoms with Gasteiger partial charge in [-0.15, -0.1) is 0 Å². The minimum Gasteiger partial charge on any atom is -0.372 e. The van der Waals surface area contributed by atoms with E-state index in [-0.39, 0.29) is 11.9 Å². The summed E-state index contributed by atoms with van der Waals surface area (Å²) in [6, 6.07) is 11.1. The largest absolute Gasteiger partial charge is 0.372 e. The van der Waals surface area contributed by atoms with Gasteiger partial charge in [-0.25, -0.2) is 0 Å². The normalized spacial score (nSPS) is 19.6. The Labute approximate surface area is 141 Å². The van der Waals surface area contributed by atoms with Gasteiger partial charge >= 0.3 is 0 Å². The molecule has 1 unspecified atom stereocenters. The van der Waals surface area contributed by atoms with E-state index in [1.807, 2.05) is 29.2 Å². The predicted molar refractivity (Wildman–Crippen MR) is 91.5 cm³/mol. The molecule has 0 radical (unpaired) electrons. The number of nitrogens with zero attached hydrogens (tertiary/aromatic N) is 2. The van der Waals surface area contributed by atoms with Gasteiger partial charge in [-0.1, -0.05) is 32.0 Å². The van der Waals surface area contributed by atoms with Crippen LogP contribution in [0, 0.1) is 0 Å². The molecular weight excluding hydrogens is 304 g/mol. The first kappa shape index (κ1) is 16.7. The molecule has 1 saturated heterocycles. The number of carbonyl (C=O) groups is 1. The molecule has 6 heteroatoms. The van der Waals surface area contributed by atoms with Gasteiger partial charge in [0.05, 0.1) is 11.4 Å². The van der Waals surface area contributed by atoms with Gasteiger partial charge in [-0.2, -0.15) is 5.10 Å². The van der Waals surface area contributed by atoms with Crippen LogP contribution in [0.25, 0.3) is 0 Å². The smallest absolute Gasteiger partial charge is 0.251 e. The van der Waals surface area contributed by atoms with Gasteiger partial charge in [0.25, 0.3) is 5.91 Å². The summed E-state index contributed by atoms with van der Waals surface area (Å²) in [5.74, 6) is 0.249. The average molecular weight is 328 g/mol. The third kappa shape index (κ3) is 3.66. The molecule has 6 nitrogen and oxygen atoms in total. The lowest BCUT2D eigenvalue weighted by molar-refractivity contribution is 0.0139. The first-order valence-corrected chi connectivity index (χ1v) is 8.38. The van der Waals surface area contributed by atoms with Crippen LogP contribution in [0.2, 0.25) is 0 Å². The molecular formula is C18H24N4O2. The van der Waals surface area contributed by atoms with Crippen LogP contribution in [-0.2, 0) is 0 Å². The number of benzene rings is 1. The fraction of sp³-hybridized carbons (Fsp3) is 0.444. The Balaban J connectivity index is 1.57. The first-order chi connectivity index (χ1) is 11.5. The molecule has 1 amide bonds. The Morgan fingerprint density at radius 1 is 1.38 bits per heavy atom. The van der Waals surface area contributed by atoms with Crippen molar-refractivity contribution in [3.63, 3.8) is 0 Å². The van der Waals surface area contributed by atoms with Crippen molar-refractivity contribution in [2.75, 3.05) is 13.1 Å². The number of carbonyl (C=O) groups excluding carboxylic acids is 1. The van der Waals surface area contributed by atoms with Gasteiger partial charge in [0.1, 0.15) is 6.23 Å². The lowest BCUT2D eigenvalue weighted by atomic mass is 10.1. The van der Waals surface area contributed by atoms with Crippen LogP contribution in [0.3, 0.4) is 0 Å². The average Bonchev–Trinajstić information content (AvgIpc) is 3.24. The minimum atomic E-state index is -0.719. The van der Waals surface area contributed by atoms with Gasteiger partial charge in [0.2, 0.25) is 0 Å². The van der Waals surface area contributed by atoms with Gasteiger partial charge in [-0.05, 0) is 30.5 Å². The molecule has 2 atom stereocenters. The van der Waals surface area contributed by atoms with Crippen molar-refractivity contribution in [3.8, 4) is 0 Å². The SMILES string of the molecule is CC(C)c1cc(C(O)N2CC[C@H](NC(=O)c3ccccc3)C2)[nH]n1. The van der Waals surface area contributed by atoms with Gasteiger partial charge < -0.3 is 10.4 Å². The van der Waals surface area contributed by atoms with E-state index in [0.29, 0.717) is 23.7 Å². The van der Waals surface area contributed by atoms with Gasteiger partial charge in [-0.3, -0.25) is 14.8 Å². The highest BCUT2D eigenvalue weighted by molar-refractivity contribution is 5.94. The van der Waals surface area contributed by atoms with Crippen molar-refractivity contribution in [1.29, 1.82) is 0 Å². The molecule has 0 saturated carbocycles. The fourth-order valence-corrected chi connectivity index (χ4v) is 2.96. The number of hydrogen-bond donors (Lipinski definition) is 3. The predicted octanol–water partition coefficient (Wildman–Crippen LogP) is 2.03. The molecule has 2 heterocycles. The van der Waals surface area contributed by atoms with E-state index in [4.69, 9.17) is 0 Å². The number of aliphatic hydroxyl groups is 1. The molecule has 2 aromatic rings. The molecule has 3 N–H and O–H groups in total. The standard InChI is InChI=1S/C18H24N4O2/c1-12(2)15-10-16(21-20-15)18(24)22-9-8-14(11-22)19-17(23)13-6-4-3-5-7-13/h3-7,10,12,14,18,24H,8-9,11H2,1-2H3,(H,19,23)(H,20,21)/t14-,18?/m0/s1. The molecule has 1 aromatic heterocycles. The van der Waals surface area contributed by atoms with Crippen molar-refractivity contribution in [2.24, 2.45) is 0 Å². The third-order valence-electron chi connectivity index (χ3n) is 4.42. The monoisotopic (exact) mass is 328 g/mol. The molecule has 1 aliphatic rings. The first-order valence-electron chi connectivity index (χ1n) is 8.38. The van der Waals surface area contributed by atoms with E-state index in [9.17, 15) is 9.90 Å². The van der Waals surface area contributed by atoms with Crippen LogP contribution in [0.5, 0.6) is 0 Å². The van der Waals surface area contributed by atoms with Gasteiger partial charge in [0.15, 0.2) is 0 Å². The molecule has 0 bridgehead atoms. The molecule has 128 valence electrons. The molecule has 3 rings (SSSR count). The highest BCUT2D eigenvalue weighted by Gasteiger charge is 2.30. The second-order valence-corrected chi connectivity index (χ2v) is 6.60. The summed E-state index contributed by atoms with van der Waals surface area (Å²) in [4.78, 5) is 14.2. The van der Waals surface area contributed by atoms with Crippen molar-refractivity contribution < 1.29 is 9.90 Å². The maximum absolute atomic E-state index is 12.2. The summed E-state index contributed by atoms with van der Waals surface area (Å²) >= 11 is 0. The summed E-state index contributed by atoms with van der Waals surface area (Å²) in [7, 11) is 0. The Bertz CT molecular complexity index is 683. The maximum atomic E-state index is 12.2. The van der Waals surface area contributed by atoms with Crippen LogP contribution in [0.1, 0.15) is 54.2 Å². The summed E-state index contributed by atoms with van der Waals surface area (Å²) in [5.41, 5.74) is 2.30. The van der Waals surface area contributed by atoms with Crippen molar-refractivity contribution in [2.45, 2.75) is 38.5 Å². The summed E-state index contributed by atoms with van der Waals surface area (Å²) in [6.45, 7) is 5.49. The zero-order chi connectivity index (χ0) is 17.1. The molecule has 1 aliphatic heterocycles. The zero-order valence-electron chi connectivity index (χ0n) is 14.1. The van der Waals surface area contributed by atoms with Crippen molar-refractivity contribution in [3.05, 3.63) is 53.3 Å². The van der Waals surface area contributed by atoms with Crippen LogP contribution in [0.4, 0.5) is 0 Å². The second-order valence-electron chi connectivity index (χ2n) is 6.60. The Morgan fingerprint density at radius 3 is 2.79 bits per heavy atom. The van der Waals surface area contributed by atoms with E-state index in [2.05, 4.69) is 29.4 Å². The van der Waals surface area contributed by atoms with E-state index >= 15 is 0 Å². The number of aromatic amines is 1. The van der Waals surface area contributed by atoms with E-state index < -0.39 is 6.23 Å². The van der Waals surface area contributed by atoms with E-state index in [1.54, 1.807) is 12.1 Å². The maximum Gasteiger partial charge on any atom is 0.251 e. The quantitative estimate of drug-likeness (QED) is 0.784. The number of H-pyrrole nitrogens is 1. The molecule has 24 heavy (non-hydrogen) atoms. The molecule has 0 spiro atoms. The molecule has 1 fully saturated rings. The van der Waals surface area contributed by atoms with Gasteiger partial charge in [0, 0.05) is 24.7 Å². The summed E-state index contributed by atoms with van der Waals surface area (Å²) in [5, 5.41) is 20.7. The number of amides is 1. The molecule has 0 aliphatic carbocycles. The number of rotatable bonds is 5. The Kier molecular flexibility index (Phi) is 4.97. The van der Waals surface area contributed by atoms with Crippen molar-refractivity contribution in [1.82, 2.24) is 20.4 Å². The van der Waals surface area contributed by atoms with Crippen LogP contribution in [-0.4, -0.2) is 45.2 Å². The summed E-state index contributed by atoms with van der Waals surface area (Å²) < 4.78 is 0. The number of nitrogens with one attached hydrogen (secondary N) is 2. The zero-order valence-corrected chi connectivity index (χ0v) is 14.1. The number of hydrogen-bond acceptors (Lipinski definition) is 4. The van der Waals surface area contributed by atoms with Crippen LogP contribution >= 0.6 is 0 Å². The lowest BCUT2D eigenvalue weighted by Crippen LogP contribution is -2.37. The van der Waals surface area contributed by atoms with Crippen LogP contribution < -0.4 is 5.32 Å². The second kappa shape index (κ2) is 7.15. The number of aliphatic hydroxyl groups excluding tert-OH is 1. The summed E-state index contributed by atoms with van der Waals surface area (Å²) in [6.07, 6.45) is 0.101. The topological polar surface area (TPSA) is 81.2 Å². The number of likely N-dealkylation sites (tertiary alicyclic amines) is 1. The Morgan fingerprint density at radius 2 is 2.12 bits per heavy atom.